The van der Waals surface area contributed by atoms with Gasteiger partial charge in [0.15, 0.2) is 5.65 Å². The van der Waals surface area contributed by atoms with Crippen molar-refractivity contribution < 1.29 is 9.32 Å². The predicted molar refractivity (Wildman–Crippen MR) is 111 cm³/mol. The smallest absolute Gasteiger partial charge is 0.342 e. The van der Waals surface area contributed by atoms with Crippen molar-refractivity contribution in [2.45, 2.75) is 27.3 Å². The monoisotopic (exact) mass is 406 g/mol. The topological polar surface area (TPSA) is 98.5 Å². The third-order valence-electron chi connectivity index (χ3n) is 4.94. The summed E-state index contributed by atoms with van der Waals surface area (Å²) in [5.41, 5.74) is 2.41. The zero-order valence-electron chi connectivity index (χ0n) is 17.1. The molecule has 9 heteroatoms. The molecule has 30 heavy (non-hydrogen) atoms. The maximum absolute atomic E-state index is 12.7. The summed E-state index contributed by atoms with van der Waals surface area (Å²) < 4.78 is 8.00. The SMILES string of the molecule is CCN(CC)C(=O)Cn1nc2c(-c3nc(-c4cccc(C)c4)no3)cccn2c1=O. The third kappa shape index (κ3) is 3.49. The molecule has 3 heterocycles. The largest absolute Gasteiger partial charge is 0.350 e. The van der Waals surface area contributed by atoms with Gasteiger partial charge >= 0.3 is 5.69 Å². The van der Waals surface area contributed by atoms with Gasteiger partial charge in [-0.15, -0.1) is 5.10 Å². The third-order valence-corrected chi connectivity index (χ3v) is 4.94. The van der Waals surface area contributed by atoms with Crippen LogP contribution in [0.25, 0.3) is 28.5 Å². The van der Waals surface area contributed by atoms with Crippen molar-refractivity contribution in [3.8, 4) is 22.8 Å². The maximum Gasteiger partial charge on any atom is 0.350 e. The minimum atomic E-state index is -0.397. The number of fused-ring (bicyclic) bond motifs is 1. The molecule has 0 aliphatic rings. The molecule has 0 aliphatic heterocycles. The molecule has 0 saturated heterocycles. The lowest BCUT2D eigenvalue weighted by Crippen LogP contribution is -2.36. The van der Waals surface area contributed by atoms with Crippen molar-refractivity contribution in [1.29, 1.82) is 0 Å². The summed E-state index contributed by atoms with van der Waals surface area (Å²) in [5.74, 6) is 0.546. The molecule has 0 aliphatic carbocycles. The summed E-state index contributed by atoms with van der Waals surface area (Å²) in [6.45, 7) is 6.81. The number of hydrogen-bond donors (Lipinski definition) is 0. The molecule has 1 aromatic carbocycles. The van der Waals surface area contributed by atoms with E-state index in [1.165, 1.54) is 4.40 Å². The van der Waals surface area contributed by atoms with Crippen molar-refractivity contribution in [1.82, 2.24) is 29.2 Å². The molecule has 0 atom stereocenters. The Labute approximate surface area is 172 Å². The predicted octanol–water partition coefficient (Wildman–Crippen LogP) is 2.39. The van der Waals surface area contributed by atoms with E-state index in [-0.39, 0.29) is 18.3 Å². The van der Waals surface area contributed by atoms with Gasteiger partial charge < -0.3 is 9.42 Å². The van der Waals surface area contributed by atoms with Crippen molar-refractivity contribution >= 4 is 11.6 Å². The number of aryl methyl sites for hydroxylation is 1. The molecule has 154 valence electrons. The van der Waals surface area contributed by atoms with Gasteiger partial charge in [0.05, 0.1) is 5.56 Å². The fraction of sp³-hybridized carbons (Fsp3) is 0.286. The molecule has 0 saturated carbocycles. The molecule has 1 amide bonds. The number of rotatable bonds is 6. The number of carbonyl (C=O) groups is 1. The Morgan fingerprint density at radius 2 is 1.97 bits per heavy atom. The molecule has 4 aromatic rings. The van der Waals surface area contributed by atoms with E-state index in [4.69, 9.17) is 4.52 Å². The Morgan fingerprint density at radius 1 is 1.17 bits per heavy atom. The average Bonchev–Trinajstić information content (AvgIpc) is 3.35. The summed E-state index contributed by atoms with van der Waals surface area (Å²) >= 11 is 0. The molecule has 0 unspecified atom stereocenters. The van der Waals surface area contributed by atoms with Crippen LogP contribution in [0.5, 0.6) is 0 Å². The van der Waals surface area contributed by atoms with Gasteiger partial charge in [0.25, 0.3) is 5.89 Å². The number of carbonyl (C=O) groups excluding carboxylic acids is 1. The number of aromatic nitrogens is 5. The Morgan fingerprint density at radius 3 is 2.70 bits per heavy atom. The van der Waals surface area contributed by atoms with Crippen LogP contribution >= 0.6 is 0 Å². The van der Waals surface area contributed by atoms with E-state index in [1.54, 1.807) is 23.2 Å². The van der Waals surface area contributed by atoms with E-state index in [0.29, 0.717) is 30.1 Å². The quantitative estimate of drug-likeness (QED) is 0.488. The summed E-state index contributed by atoms with van der Waals surface area (Å²) in [7, 11) is 0. The second kappa shape index (κ2) is 7.94. The molecule has 0 bridgehead atoms. The molecule has 0 radical (unpaired) electrons. The molecular formula is C21H22N6O3. The summed E-state index contributed by atoms with van der Waals surface area (Å²) in [6.07, 6.45) is 1.60. The first-order valence-corrected chi connectivity index (χ1v) is 9.79. The minimum absolute atomic E-state index is 0.125. The van der Waals surface area contributed by atoms with Crippen LogP contribution in [0.3, 0.4) is 0 Å². The van der Waals surface area contributed by atoms with Gasteiger partial charge in [0.2, 0.25) is 11.7 Å². The van der Waals surface area contributed by atoms with Gasteiger partial charge in [-0.25, -0.2) is 13.9 Å². The van der Waals surface area contributed by atoms with Crippen LogP contribution in [-0.2, 0) is 11.3 Å². The first kappa shape index (κ1) is 19.6. The Balaban J connectivity index is 1.73. The van der Waals surface area contributed by atoms with E-state index in [9.17, 15) is 9.59 Å². The van der Waals surface area contributed by atoms with Crippen LogP contribution in [0.1, 0.15) is 19.4 Å². The van der Waals surface area contributed by atoms with Crippen LogP contribution in [0, 0.1) is 6.92 Å². The van der Waals surface area contributed by atoms with Crippen molar-refractivity contribution in [2.75, 3.05) is 13.1 Å². The highest BCUT2D eigenvalue weighted by atomic mass is 16.5. The molecule has 9 nitrogen and oxygen atoms in total. The second-order valence-corrected chi connectivity index (χ2v) is 6.91. The van der Waals surface area contributed by atoms with Crippen molar-refractivity contribution in [3.63, 3.8) is 0 Å². The molecule has 3 aromatic heterocycles. The zero-order chi connectivity index (χ0) is 21.3. The minimum Gasteiger partial charge on any atom is -0.342 e. The molecule has 0 fully saturated rings. The normalized spacial score (nSPS) is 11.2. The van der Waals surface area contributed by atoms with E-state index in [0.717, 1.165) is 15.8 Å². The molecule has 0 spiro atoms. The highest BCUT2D eigenvalue weighted by molar-refractivity contribution is 5.76. The lowest BCUT2D eigenvalue weighted by molar-refractivity contribution is -0.131. The second-order valence-electron chi connectivity index (χ2n) is 6.91. The number of benzene rings is 1. The summed E-state index contributed by atoms with van der Waals surface area (Å²) in [5, 5.41) is 8.43. The molecule has 0 N–H and O–H groups in total. The number of nitrogens with zero attached hydrogens (tertiary/aromatic N) is 6. The maximum atomic E-state index is 12.7. The lowest BCUT2D eigenvalue weighted by Gasteiger charge is -2.17. The van der Waals surface area contributed by atoms with Crippen LogP contribution in [0.2, 0.25) is 0 Å². The van der Waals surface area contributed by atoms with Gasteiger partial charge in [-0.1, -0.05) is 28.9 Å². The van der Waals surface area contributed by atoms with E-state index < -0.39 is 5.69 Å². The van der Waals surface area contributed by atoms with Gasteiger partial charge in [-0.3, -0.25) is 4.79 Å². The Kier molecular flexibility index (Phi) is 5.18. The fourth-order valence-corrected chi connectivity index (χ4v) is 3.35. The van der Waals surface area contributed by atoms with Gasteiger partial charge in [0.1, 0.15) is 6.54 Å². The number of amides is 1. The molecular weight excluding hydrogens is 384 g/mol. The van der Waals surface area contributed by atoms with E-state index in [2.05, 4.69) is 15.2 Å². The standard InChI is InChI=1S/C21H22N6O3/c1-4-25(5-2)17(28)13-27-21(29)26-11-7-10-16(19(26)23-27)20-22-18(24-30-20)15-9-6-8-14(3)12-15/h6-12H,4-5,13H2,1-3H3. The summed E-state index contributed by atoms with van der Waals surface area (Å²) in [4.78, 5) is 31.3. The van der Waals surface area contributed by atoms with Crippen molar-refractivity contribution in [2.24, 2.45) is 0 Å². The number of pyridine rings is 1. The lowest BCUT2D eigenvalue weighted by atomic mass is 10.1. The first-order valence-electron chi connectivity index (χ1n) is 9.79. The number of likely N-dealkylation sites (N-methyl/N-ethyl adjacent to an activating group) is 1. The van der Waals surface area contributed by atoms with Crippen LogP contribution < -0.4 is 5.69 Å². The van der Waals surface area contributed by atoms with Crippen LogP contribution in [0.15, 0.2) is 51.9 Å². The first-order chi connectivity index (χ1) is 14.5. The average molecular weight is 406 g/mol. The Hall–Kier alpha value is -3.75. The van der Waals surface area contributed by atoms with Crippen LogP contribution in [-0.4, -0.2) is 48.2 Å². The van der Waals surface area contributed by atoms with Crippen molar-refractivity contribution in [3.05, 3.63) is 58.6 Å². The fourth-order valence-electron chi connectivity index (χ4n) is 3.35. The highest BCUT2D eigenvalue weighted by Gasteiger charge is 2.19. The van der Waals surface area contributed by atoms with Crippen LogP contribution in [0.4, 0.5) is 0 Å². The molecule has 4 rings (SSSR count). The van der Waals surface area contributed by atoms with Gasteiger partial charge in [-0.2, -0.15) is 4.98 Å². The van der Waals surface area contributed by atoms with Gasteiger partial charge in [0, 0.05) is 24.8 Å². The zero-order valence-corrected chi connectivity index (χ0v) is 17.1. The summed E-state index contributed by atoms with van der Waals surface area (Å²) in [6, 6.07) is 11.2. The number of hydrogen-bond acceptors (Lipinski definition) is 6. The Bertz CT molecular complexity index is 1270. The van der Waals surface area contributed by atoms with E-state index >= 15 is 0 Å². The highest BCUT2D eigenvalue weighted by Crippen LogP contribution is 2.24. The van der Waals surface area contributed by atoms with Gasteiger partial charge in [-0.05, 0) is 39.0 Å². The van der Waals surface area contributed by atoms with E-state index in [1.807, 2.05) is 45.0 Å².